The Morgan fingerprint density at radius 3 is 1.80 bits per heavy atom. The number of benzene rings is 1. The van der Waals surface area contributed by atoms with Crippen molar-refractivity contribution in [2.24, 2.45) is 17.8 Å². The first-order valence-electron chi connectivity index (χ1n) is 17.8. The molecule has 0 saturated heterocycles. The Kier molecular flexibility index (Phi) is 20.0. The fourth-order valence-corrected chi connectivity index (χ4v) is 5.66. The van der Waals surface area contributed by atoms with E-state index in [9.17, 15) is 29.1 Å². The highest BCUT2D eigenvalue weighted by atomic mass is 32.2. The Balaban J connectivity index is 2.96. The van der Waals surface area contributed by atoms with Crippen LogP contribution in [-0.2, 0) is 30.5 Å². The van der Waals surface area contributed by atoms with E-state index in [4.69, 9.17) is 9.47 Å². The van der Waals surface area contributed by atoms with Gasteiger partial charge in [0.1, 0.15) is 30.3 Å². The molecular formula is C37H63N5O8S. The molecule has 6 atom stereocenters. The van der Waals surface area contributed by atoms with Crippen LogP contribution in [0, 0.1) is 17.8 Å². The summed E-state index contributed by atoms with van der Waals surface area (Å²) >= 11 is 1.52. The van der Waals surface area contributed by atoms with Crippen LogP contribution in [0.4, 0.5) is 9.59 Å². The molecule has 0 aromatic heterocycles. The lowest BCUT2D eigenvalue weighted by atomic mass is 9.94. The smallest absolute Gasteiger partial charge is 0.408 e. The van der Waals surface area contributed by atoms with Crippen molar-refractivity contribution in [3.63, 3.8) is 0 Å². The molecule has 0 aliphatic rings. The highest BCUT2D eigenvalue weighted by molar-refractivity contribution is 7.98. The lowest BCUT2D eigenvalue weighted by Gasteiger charge is -2.31. The van der Waals surface area contributed by atoms with Gasteiger partial charge in [0, 0.05) is 6.04 Å². The molecule has 51 heavy (non-hydrogen) atoms. The fraction of sp³-hybridized carbons (Fsp3) is 0.703. The van der Waals surface area contributed by atoms with Crippen LogP contribution in [-0.4, -0.2) is 88.9 Å². The Morgan fingerprint density at radius 2 is 1.29 bits per heavy atom. The molecule has 0 spiro atoms. The topological polar surface area (TPSA) is 184 Å². The van der Waals surface area contributed by atoms with Crippen LogP contribution in [0.5, 0.6) is 0 Å². The molecule has 5 amide bonds. The SMILES string of the molecule is CSCC[C@H](NC(=O)[C@@H](NC(=O)OC(C)(C)C)C(C)C)C(=O)N[C@@H](CC(C)C)[C@@H](O)C[C@@H](C)NC(=O)[C@H](NC(=O)OCc1ccccc1)C(C)C. The molecule has 1 rings (SSSR count). The van der Waals surface area contributed by atoms with Gasteiger partial charge < -0.3 is 41.2 Å². The van der Waals surface area contributed by atoms with E-state index in [2.05, 4.69) is 26.6 Å². The molecule has 0 radical (unpaired) electrons. The van der Waals surface area contributed by atoms with Crippen molar-refractivity contribution in [2.75, 3.05) is 12.0 Å². The number of aliphatic hydroxyl groups is 1. The van der Waals surface area contributed by atoms with Gasteiger partial charge in [0.2, 0.25) is 17.7 Å². The summed E-state index contributed by atoms with van der Waals surface area (Å²) in [5.74, 6) is -1.26. The Morgan fingerprint density at radius 1 is 0.745 bits per heavy atom. The standard InChI is InChI=1S/C37H63N5O8S/c1-22(2)19-28(40-32(44)27(17-18-51-11)39-34(46)31(24(5)6)42-36(48)50-37(8,9)10)29(43)20-25(7)38-33(45)30(23(3)4)41-35(47)49-21-26-15-13-12-14-16-26/h12-16,22-25,27-31,43H,17-21H2,1-11H3,(H,38,45)(H,39,46)(H,40,44)(H,41,47)(H,42,48)/t25-,27+,28+,29+,30-,31+/m1/s1. The molecule has 14 heteroatoms. The van der Waals surface area contributed by atoms with Gasteiger partial charge in [0.25, 0.3) is 0 Å². The number of carbonyl (C=O) groups is 5. The summed E-state index contributed by atoms with van der Waals surface area (Å²) in [4.78, 5) is 65.3. The van der Waals surface area contributed by atoms with Crippen molar-refractivity contribution in [3.05, 3.63) is 35.9 Å². The van der Waals surface area contributed by atoms with Crippen LogP contribution in [0.25, 0.3) is 0 Å². The maximum atomic E-state index is 13.7. The van der Waals surface area contributed by atoms with Crippen LogP contribution in [0.15, 0.2) is 30.3 Å². The molecule has 0 aliphatic carbocycles. The summed E-state index contributed by atoms with van der Waals surface area (Å²) in [5.41, 5.74) is 0.0655. The first kappa shape index (κ1) is 45.5. The third kappa shape index (κ3) is 18.5. The van der Waals surface area contributed by atoms with Gasteiger partial charge in [0.15, 0.2) is 0 Å². The summed E-state index contributed by atoms with van der Waals surface area (Å²) in [5, 5.41) is 25.2. The highest BCUT2D eigenvalue weighted by Crippen LogP contribution is 2.15. The molecule has 1 aromatic carbocycles. The number of rotatable bonds is 20. The van der Waals surface area contributed by atoms with E-state index in [1.807, 2.05) is 50.4 Å². The second-order valence-corrected chi connectivity index (χ2v) is 16.1. The highest BCUT2D eigenvalue weighted by Gasteiger charge is 2.33. The summed E-state index contributed by atoms with van der Waals surface area (Å²) in [6.07, 6.45) is 0.279. The van der Waals surface area contributed by atoms with Crippen molar-refractivity contribution in [1.29, 1.82) is 0 Å². The number of alkyl carbamates (subject to hydrolysis) is 2. The summed E-state index contributed by atoms with van der Waals surface area (Å²) < 4.78 is 10.6. The van der Waals surface area contributed by atoms with Gasteiger partial charge >= 0.3 is 12.2 Å². The molecule has 1 aromatic rings. The zero-order chi connectivity index (χ0) is 38.9. The largest absolute Gasteiger partial charge is 0.445 e. The number of thioether (sulfide) groups is 1. The number of amides is 5. The van der Waals surface area contributed by atoms with E-state index in [1.165, 1.54) is 11.8 Å². The number of hydrogen-bond donors (Lipinski definition) is 6. The Hall–Kier alpha value is -3.52. The van der Waals surface area contributed by atoms with E-state index < -0.39 is 71.8 Å². The molecule has 0 bridgehead atoms. The number of aliphatic hydroxyl groups excluding tert-OH is 1. The minimum absolute atomic E-state index is 0.0633. The van der Waals surface area contributed by atoms with Gasteiger partial charge in [-0.15, -0.1) is 0 Å². The molecule has 13 nitrogen and oxygen atoms in total. The first-order chi connectivity index (χ1) is 23.7. The zero-order valence-corrected chi connectivity index (χ0v) is 33.1. The third-order valence-corrected chi connectivity index (χ3v) is 8.45. The van der Waals surface area contributed by atoms with Gasteiger partial charge in [-0.05, 0) is 82.3 Å². The van der Waals surface area contributed by atoms with Crippen molar-refractivity contribution in [3.8, 4) is 0 Å². The van der Waals surface area contributed by atoms with Crippen LogP contribution < -0.4 is 26.6 Å². The van der Waals surface area contributed by atoms with E-state index >= 15 is 0 Å². The van der Waals surface area contributed by atoms with Crippen molar-refractivity contribution >= 4 is 41.7 Å². The van der Waals surface area contributed by atoms with Gasteiger partial charge in [0.05, 0.1) is 12.1 Å². The van der Waals surface area contributed by atoms with Crippen molar-refractivity contribution in [2.45, 2.75) is 137 Å². The molecule has 0 saturated carbocycles. The third-order valence-electron chi connectivity index (χ3n) is 7.80. The Bertz CT molecular complexity index is 1240. The van der Waals surface area contributed by atoms with E-state index in [1.54, 1.807) is 55.4 Å². The van der Waals surface area contributed by atoms with Gasteiger partial charge in [-0.1, -0.05) is 71.9 Å². The summed E-state index contributed by atoms with van der Waals surface area (Å²) in [7, 11) is 0. The molecular weight excluding hydrogens is 675 g/mol. The molecule has 6 N–H and O–H groups in total. The zero-order valence-electron chi connectivity index (χ0n) is 32.3. The second kappa shape index (κ2) is 22.4. The summed E-state index contributed by atoms with van der Waals surface area (Å²) in [6.45, 7) is 18.1. The fourth-order valence-electron chi connectivity index (χ4n) is 5.18. The van der Waals surface area contributed by atoms with Gasteiger partial charge in [-0.25, -0.2) is 9.59 Å². The van der Waals surface area contributed by atoms with Gasteiger partial charge in [-0.2, -0.15) is 11.8 Å². The number of hydrogen-bond acceptors (Lipinski definition) is 9. The monoisotopic (exact) mass is 737 g/mol. The maximum absolute atomic E-state index is 13.7. The molecule has 0 fully saturated rings. The predicted octanol–water partition coefficient (Wildman–Crippen LogP) is 4.51. The lowest BCUT2D eigenvalue weighted by Crippen LogP contribution is -2.58. The second-order valence-electron chi connectivity index (χ2n) is 15.1. The normalized spacial score (nSPS) is 15.2. The maximum Gasteiger partial charge on any atom is 0.408 e. The lowest BCUT2D eigenvalue weighted by molar-refractivity contribution is -0.131. The predicted molar refractivity (Wildman–Crippen MR) is 201 cm³/mol. The van der Waals surface area contributed by atoms with Crippen molar-refractivity contribution < 1.29 is 38.6 Å². The number of carbonyl (C=O) groups excluding carboxylic acids is 5. The number of nitrogens with one attached hydrogen (secondary N) is 5. The summed E-state index contributed by atoms with van der Waals surface area (Å²) in [6, 6.07) is 5.26. The van der Waals surface area contributed by atoms with Crippen molar-refractivity contribution in [1.82, 2.24) is 26.6 Å². The van der Waals surface area contributed by atoms with Crippen LogP contribution in [0.1, 0.15) is 94.1 Å². The van der Waals surface area contributed by atoms with E-state index in [0.29, 0.717) is 18.6 Å². The first-order valence-corrected chi connectivity index (χ1v) is 19.2. The quantitative estimate of drug-likeness (QED) is 0.112. The molecule has 0 aliphatic heterocycles. The number of ether oxygens (including phenoxy) is 2. The molecule has 0 heterocycles. The van der Waals surface area contributed by atoms with Crippen LogP contribution in [0.3, 0.4) is 0 Å². The van der Waals surface area contributed by atoms with Crippen LogP contribution in [0.2, 0.25) is 0 Å². The average Bonchev–Trinajstić information content (AvgIpc) is 3.01. The molecule has 0 unspecified atom stereocenters. The van der Waals surface area contributed by atoms with Crippen LogP contribution >= 0.6 is 11.8 Å². The Labute approximate surface area is 308 Å². The minimum Gasteiger partial charge on any atom is -0.445 e. The minimum atomic E-state index is -1.04. The van der Waals surface area contributed by atoms with E-state index in [-0.39, 0.29) is 30.8 Å². The van der Waals surface area contributed by atoms with E-state index in [0.717, 1.165) is 5.56 Å². The van der Waals surface area contributed by atoms with Gasteiger partial charge in [-0.3, -0.25) is 14.4 Å². The molecule has 290 valence electrons. The average molecular weight is 738 g/mol.